The first-order valence-electron chi connectivity index (χ1n) is 16.8. The third-order valence-corrected chi connectivity index (χ3v) is 6.79. The fraction of sp³-hybridized carbons (Fsp3) is 0.514. The van der Waals surface area contributed by atoms with Crippen LogP contribution in [0.3, 0.4) is 0 Å². The van der Waals surface area contributed by atoms with Crippen LogP contribution in [0, 0.1) is 16.6 Å². The molecule has 0 fully saturated rings. The van der Waals surface area contributed by atoms with E-state index in [2.05, 4.69) is 26.3 Å². The molecule has 15 heteroatoms. The number of anilines is 1. The maximum Gasteiger partial charge on any atom is 0.414 e. The SMILES string of the molecule is COC(=O)C(NC(=O)C(=N)c1ccc(OCCCCN=C(NC(=O)OC(C)(C)C)NC(=O)OC(C)(C)C)cc1NCc1ccc(F)cc1)C(C)(C)C. The Morgan fingerprint density at radius 2 is 1.42 bits per heavy atom. The largest absolute Gasteiger partial charge is 0.494 e. The molecule has 0 spiro atoms. The molecule has 0 aliphatic rings. The molecule has 0 heterocycles. The van der Waals surface area contributed by atoms with Crippen molar-refractivity contribution in [1.29, 1.82) is 5.41 Å². The van der Waals surface area contributed by atoms with Crippen LogP contribution in [-0.2, 0) is 30.3 Å². The number of aliphatic imine (C=N–C) groups is 1. The second kappa shape index (κ2) is 18.9. The molecule has 286 valence electrons. The van der Waals surface area contributed by atoms with Crippen molar-refractivity contribution in [3.8, 4) is 5.75 Å². The van der Waals surface area contributed by atoms with Gasteiger partial charge in [0.2, 0.25) is 5.96 Å². The number of unbranched alkanes of at least 4 members (excludes halogenated alkanes) is 1. The maximum atomic E-state index is 13.5. The number of hydrogen-bond acceptors (Lipinski definition) is 11. The highest BCUT2D eigenvalue weighted by atomic mass is 19.1. The first kappa shape index (κ1) is 43.0. The Bertz CT molecular complexity index is 1560. The van der Waals surface area contributed by atoms with Gasteiger partial charge in [-0.1, -0.05) is 32.9 Å². The minimum atomic E-state index is -0.995. The van der Waals surface area contributed by atoms with Gasteiger partial charge in [-0.05, 0) is 89.6 Å². The average molecular weight is 729 g/mol. The molecule has 0 bridgehead atoms. The van der Waals surface area contributed by atoms with Gasteiger partial charge in [-0.2, -0.15) is 0 Å². The number of carbonyl (C=O) groups is 4. The van der Waals surface area contributed by atoms with E-state index in [0.717, 1.165) is 5.56 Å². The minimum Gasteiger partial charge on any atom is -0.494 e. The summed E-state index contributed by atoms with van der Waals surface area (Å²) in [5, 5.41) is 19.4. The minimum absolute atomic E-state index is 0.122. The summed E-state index contributed by atoms with van der Waals surface area (Å²) in [6, 6.07) is 9.73. The Kier molecular flexibility index (Phi) is 15.6. The van der Waals surface area contributed by atoms with Crippen LogP contribution in [0.5, 0.6) is 5.75 Å². The number of nitrogens with one attached hydrogen (secondary N) is 5. The van der Waals surface area contributed by atoms with Crippen molar-refractivity contribution in [3.05, 3.63) is 59.4 Å². The maximum absolute atomic E-state index is 13.5. The van der Waals surface area contributed by atoms with Crippen molar-refractivity contribution in [2.45, 2.75) is 98.9 Å². The van der Waals surface area contributed by atoms with Crippen LogP contribution in [0.4, 0.5) is 19.7 Å². The molecule has 5 N–H and O–H groups in total. The van der Waals surface area contributed by atoms with Gasteiger partial charge >= 0.3 is 18.2 Å². The monoisotopic (exact) mass is 728 g/mol. The van der Waals surface area contributed by atoms with Crippen LogP contribution in [0.2, 0.25) is 0 Å². The predicted molar refractivity (Wildman–Crippen MR) is 196 cm³/mol. The number of ether oxygens (including phenoxy) is 4. The average Bonchev–Trinajstić information content (AvgIpc) is 3.01. The van der Waals surface area contributed by atoms with E-state index in [9.17, 15) is 23.6 Å². The van der Waals surface area contributed by atoms with Gasteiger partial charge in [-0.3, -0.25) is 25.8 Å². The first-order valence-corrected chi connectivity index (χ1v) is 16.8. The zero-order valence-electron chi connectivity index (χ0n) is 31.7. The van der Waals surface area contributed by atoms with E-state index in [1.54, 1.807) is 92.6 Å². The molecule has 1 unspecified atom stereocenters. The molecular weight excluding hydrogens is 675 g/mol. The number of esters is 1. The Morgan fingerprint density at radius 1 is 0.846 bits per heavy atom. The van der Waals surface area contributed by atoms with Crippen LogP contribution in [0.1, 0.15) is 86.3 Å². The van der Waals surface area contributed by atoms with Crippen molar-refractivity contribution in [2.24, 2.45) is 10.4 Å². The third kappa shape index (κ3) is 15.8. The zero-order chi connectivity index (χ0) is 39.3. The molecule has 0 saturated carbocycles. The summed E-state index contributed by atoms with van der Waals surface area (Å²) in [5.74, 6) is -1.46. The van der Waals surface area contributed by atoms with Crippen LogP contribution >= 0.6 is 0 Å². The molecule has 0 aliphatic heterocycles. The summed E-state index contributed by atoms with van der Waals surface area (Å²) in [6.45, 7) is 16.3. The molecule has 2 rings (SSSR count). The molecular formula is C37H53FN6O8. The van der Waals surface area contributed by atoms with Crippen molar-refractivity contribution < 1.29 is 42.5 Å². The van der Waals surface area contributed by atoms with Gasteiger partial charge in [0.15, 0.2) is 0 Å². The van der Waals surface area contributed by atoms with E-state index in [-0.39, 0.29) is 42.7 Å². The number of alkyl carbamates (subject to hydrolysis) is 2. The molecule has 0 aromatic heterocycles. The number of benzene rings is 2. The molecule has 1 atom stereocenters. The number of methoxy groups -OCH3 is 1. The summed E-state index contributed by atoms with van der Waals surface area (Å²) in [6.07, 6.45) is -0.527. The third-order valence-electron chi connectivity index (χ3n) is 6.79. The van der Waals surface area contributed by atoms with Crippen molar-refractivity contribution in [3.63, 3.8) is 0 Å². The number of guanidine groups is 1. The van der Waals surface area contributed by atoms with Gasteiger partial charge in [0.05, 0.1) is 13.7 Å². The number of hydrogen-bond donors (Lipinski definition) is 5. The zero-order valence-corrected chi connectivity index (χ0v) is 31.7. The lowest BCUT2D eigenvalue weighted by molar-refractivity contribution is -0.147. The fourth-order valence-electron chi connectivity index (χ4n) is 4.35. The molecule has 0 radical (unpaired) electrons. The highest BCUT2D eigenvalue weighted by Gasteiger charge is 2.35. The van der Waals surface area contributed by atoms with E-state index < -0.39 is 46.7 Å². The fourth-order valence-corrected chi connectivity index (χ4v) is 4.35. The Morgan fingerprint density at radius 3 is 1.94 bits per heavy atom. The van der Waals surface area contributed by atoms with Crippen LogP contribution in [0.15, 0.2) is 47.5 Å². The highest BCUT2D eigenvalue weighted by molar-refractivity contribution is 6.45. The van der Waals surface area contributed by atoms with Gasteiger partial charge in [-0.25, -0.2) is 18.8 Å². The molecule has 2 aromatic carbocycles. The topological polar surface area (TPSA) is 190 Å². The van der Waals surface area contributed by atoms with Crippen molar-refractivity contribution in [2.75, 3.05) is 25.6 Å². The molecule has 0 saturated heterocycles. The van der Waals surface area contributed by atoms with Gasteiger partial charge in [0.25, 0.3) is 5.91 Å². The Hall–Kier alpha value is -5.21. The van der Waals surface area contributed by atoms with Crippen LogP contribution < -0.4 is 26.0 Å². The quantitative estimate of drug-likeness (QED) is 0.0536. The standard InChI is InChI=1S/C37H53FN6O8/c1-35(2,3)29(31(46)49-10)42-30(45)28(39)26-18-17-25(21-27(26)41-22-23-13-15-24(38)16-14-23)50-20-12-11-19-40-32(43-33(47)51-36(4,5)6)44-34(48)52-37(7,8)9/h13-18,21,29,39,41H,11-12,19-20,22H2,1-10H3,(H,42,45)(H2,40,43,44,47,48). The smallest absolute Gasteiger partial charge is 0.414 e. The lowest BCUT2D eigenvalue weighted by Gasteiger charge is -2.29. The highest BCUT2D eigenvalue weighted by Crippen LogP contribution is 2.26. The van der Waals surface area contributed by atoms with Crippen LogP contribution in [0.25, 0.3) is 0 Å². The number of amides is 3. The van der Waals surface area contributed by atoms with E-state index in [1.165, 1.54) is 19.2 Å². The lowest BCUT2D eigenvalue weighted by atomic mass is 9.86. The molecule has 52 heavy (non-hydrogen) atoms. The van der Waals surface area contributed by atoms with Crippen molar-refractivity contribution in [1.82, 2.24) is 16.0 Å². The number of rotatable bonds is 13. The van der Waals surface area contributed by atoms with Gasteiger partial charge in [0.1, 0.15) is 34.5 Å². The Balaban J connectivity index is 2.16. The first-order chi connectivity index (χ1) is 24.1. The molecule has 2 aromatic rings. The summed E-state index contributed by atoms with van der Waals surface area (Å²) < 4.78 is 34.8. The van der Waals surface area contributed by atoms with Crippen molar-refractivity contribution >= 4 is 41.4 Å². The molecule has 14 nitrogen and oxygen atoms in total. The lowest BCUT2D eigenvalue weighted by Crippen LogP contribution is -2.51. The second-order valence-electron chi connectivity index (χ2n) is 14.9. The van der Waals surface area contributed by atoms with E-state index in [4.69, 9.17) is 24.4 Å². The number of carbonyl (C=O) groups excluding carboxylic acids is 4. The van der Waals surface area contributed by atoms with Gasteiger partial charge < -0.3 is 29.6 Å². The number of halogens is 1. The summed E-state index contributed by atoms with van der Waals surface area (Å²) >= 11 is 0. The second-order valence-corrected chi connectivity index (χ2v) is 14.9. The Labute approximate surface area is 305 Å². The normalized spacial score (nSPS) is 12.1. The molecule has 3 amide bonds. The molecule has 0 aliphatic carbocycles. The predicted octanol–water partition coefficient (Wildman–Crippen LogP) is 6.07. The summed E-state index contributed by atoms with van der Waals surface area (Å²) in [7, 11) is 1.23. The van der Waals surface area contributed by atoms with E-state index in [0.29, 0.717) is 24.3 Å². The van der Waals surface area contributed by atoms with Crippen LogP contribution in [-0.4, -0.2) is 73.2 Å². The van der Waals surface area contributed by atoms with E-state index in [1.807, 2.05) is 0 Å². The van der Waals surface area contributed by atoms with Gasteiger partial charge in [0, 0.05) is 30.4 Å². The number of nitrogens with zero attached hydrogens (tertiary/aromatic N) is 1. The van der Waals surface area contributed by atoms with E-state index >= 15 is 0 Å². The van der Waals surface area contributed by atoms with Gasteiger partial charge in [-0.15, -0.1) is 0 Å². The summed E-state index contributed by atoms with van der Waals surface area (Å²) in [5.41, 5.74) is -1.18. The summed E-state index contributed by atoms with van der Waals surface area (Å²) in [4.78, 5) is 54.6.